The number of carbonyl (C=O) groups excluding carboxylic acids is 2. The van der Waals surface area contributed by atoms with Crippen molar-refractivity contribution in [2.24, 2.45) is 0 Å². The van der Waals surface area contributed by atoms with Gasteiger partial charge in [0.25, 0.3) is 0 Å². The van der Waals surface area contributed by atoms with Crippen LogP contribution in [0.1, 0.15) is 31.7 Å². The highest BCUT2D eigenvalue weighted by molar-refractivity contribution is 5.88. The molecule has 25 heavy (non-hydrogen) atoms. The lowest BCUT2D eigenvalue weighted by atomic mass is 10.1. The molecule has 0 amide bonds. The first-order valence-electron chi connectivity index (χ1n) is 8.07. The van der Waals surface area contributed by atoms with Crippen molar-refractivity contribution < 1.29 is 32.2 Å². The van der Waals surface area contributed by atoms with E-state index in [0.717, 1.165) is 24.2 Å². The molecule has 1 rings (SSSR count). The van der Waals surface area contributed by atoms with Gasteiger partial charge in [-0.2, -0.15) is 13.2 Å². The second kappa shape index (κ2) is 10.7. The first-order valence-corrected chi connectivity index (χ1v) is 8.07. The SMILES string of the molecule is CCCCOc1ccc(CCNCCC(=O)OC(=O)C(F)(F)F)cc1. The number of nitrogens with one attached hydrogen (secondary N) is 1. The Morgan fingerprint density at radius 1 is 1.12 bits per heavy atom. The average molecular weight is 361 g/mol. The fourth-order valence-corrected chi connectivity index (χ4v) is 1.85. The molecular weight excluding hydrogens is 339 g/mol. The Kier molecular flexibility index (Phi) is 8.98. The molecule has 0 spiro atoms. The highest BCUT2D eigenvalue weighted by atomic mass is 19.4. The zero-order valence-corrected chi connectivity index (χ0v) is 14.0. The number of esters is 2. The Morgan fingerprint density at radius 3 is 2.40 bits per heavy atom. The van der Waals surface area contributed by atoms with Crippen LogP contribution in [-0.4, -0.2) is 37.8 Å². The summed E-state index contributed by atoms with van der Waals surface area (Å²) >= 11 is 0. The van der Waals surface area contributed by atoms with Crippen molar-refractivity contribution in [1.29, 1.82) is 0 Å². The van der Waals surface area contributed by atoms with Gasteiger partial charge >= 0.3 is 18.1 Å². The summed E-state index contributed by atoms with van der Waals surface area (Å²) in [5, 5.41) is 2.91. The normalized spacial score (nSPS) is 11.2. The molecule has 0 fully saturated rings. The first kappa shape index (κ1) is 21.0. The van der Waals surface area contributed by atoms with Gasteiger partial charge in [0.1, 0.15) is 5.75 Å². The molecule has 140 valence electrons. The van der Waals surface area contributed by atoms with E-state index in [1.165, 1.54) is 0 Å². The third-order valence-corrected chi connectivity index (χ3v) is 3.22. The van der Waals surface area contributed by atoms with Crippen LogP contribution in [0.25, 0.3) is 0 Å². The van der Waals surface area contributed by atoms with E-state index in [2.05, 4.69) is 17.0 Å². The third kappa shape index (κ3) is 9.09. The molecule has 0 unspecified atom stereocenters. The Morgan fingerprint density at radius 2 is 1.80 bits per heavy atom. The minimum atomic E-state index is -5.16. The van der Waals surface area contributed by atoms with Crippen LogP contribution >= 0.6 is 0 Å². The van der Waals surface area contributed by atoms with E-state index in [1.54, 1.807) is 0 Å². The van der Waals surface area contributed by atoms with Crippen LogP contribution in [0.3, 0.4) is 0 Å². The van der Waals surface area contributed by atoms with Gasteiger partial charge in [0.05, 0.1) is 13.0 Å². The van der Waals surface area contributed by atoms with Crippen molar-refractivity contribution in [2.45, 2.75) is 38.8 Å². The number of ether oxygens (including phenoxy) is 2. The number of hydrogen-bond donors (Lipinski definition) is 1. The smallest absolute Gasteiger partial charge is 0.491 e. The van der Waals surface area contributed by atoms with E-state index in [4.69, 9.17) is 4.74 Å². The first-order chi connectivity index (χ1) is 11.8. The Hall–Kier alpha value is -2.09. The van der Waals surface area contributed by atoms with Crippen LogP contribution in [0.4, 0.5) is 13.2 Å². The van der Waals surface area contributed by atoms with E-state index in [9.17, 15) is 22.8 Å². The summed E-state index contributed by atoms with van der Waals surface area (Å²) in [7, 11) is 0. The minimum Gasteiger partial charge on any atom is -0.494 e. The van der Waals surface area contributed by atoms with Crippen molar-refractivity contribution >= 4 is 11.9 Å². The molecule has 0 aliphatic carbocycles. The lowest BCUT2D eigenvalue weighted by Crippen LogP contribution is -2.29. The van der Waals surface area contributed by atoms with Gasteiger partial charge in [-0.1, -0.05) is 25.5 Å². The van der Waals surface area contributed by atoms with Crippen molar-refractivity contribution in [3.05, 3.63) is 29.8 Å². The van der Waals surface area contributed by atoms with Crippen molar-refractivity contribution in [3.8, 4) is 5.75 Å². The molecule has 0 heterocycles. The second-order valence-corrected chi connectivity index (χ2v) is 5.36. The van der Waals surface area contributed by atoms with Gasteiger partial charge < -0.3 is 14.8 Å². The van der Waals surface area contributed by atoms with E-state index >= 15 is 0 Å². The maximum atomic E-state index is 11.9. The maximum absolute atomic E-state index is 11.9. The maximum Gasteiger partial charge on any atom is 0.491 e. The number of rotatable bonds is 10. The molecule has 0 saturated heterocycles. The fraction of sp³-hybridized carbons (Fsp3) is 0.529. The van der Waals surface area contributed by atoms with Crippen LogP contribution in [0.5, 0.6) is 5.75 Å². The van der Waals surface area contributed by atoms with Crippen LogP contribution < -0.4 is 10.1 Å². The molecule has 5 nitrogen and oxygen atoms in total. The molecule has 0 aromatic heterocycles. The summed E-state index contributed by atoms with van der Waals surface area (Å²) in [4.78, 5) is 21.5. The van der Waals surface area contributed by atoms with Gasteiger partial charge in [-0.15, -0.1) is 0 Å². The highest BCUT2D eigenvalue weighted by Gasteiger charge is 2.42. The molecule has 0 atom stereocenters. The van der Waals surface area contributed by atoms with Gasteiger partial charge in [0.2, 0.25) is 0 Å². The Bertz CT molecular complexity index is 544. The molecular formula is C17H22F3NO4. The Labute approximate surface area is 144 Å². The molecule has 1 N–H and O–H groups in total. The summed E-state index contributed by atoms with van der Waals surface area (Å²) in [6, 6.07) is 7.62. The highest BCUT2D eigenvalue weighted by Crippen LogP contribution is 2.16. The van der Waals surface area contributed by atoms with Crippen molar-refractivity contribution in [3.63, 3.8) is 0 Å². The Balaban J connectivity index is 2.17. The third-order valence-electron chi connectivity index (χ3n) is 3.22. The molecule has 0 aliphatic rings. The zero-order chi connectivity index (χ0) is 18.7. The number of benzene rings is 1. The summed E-state index contributed by atoms with van der Waals surface area (Å²) in [6.45, 7) is 3.44. The summed E-state index contributed by atoms with van der Waals surface area (Å²) in [5.74, 6) is -2.88. The molecule has 8 heteroatoms. The van der Waals surface area contributed by atoms with Gasteiger partial charge in [-0.3, -0.25) is 4.79 Å². The standard InChI is InChI=1S/C17H22F3NO4/c1-2-3-12-24-14-6-4-13(5-7-14)8-10-21-11-9-15(22)25-16(23)17(18,19)20/h4-7,21H,2-3,8-12H2,1H3. The zero-order valence-electron chi connectivity index (χ0n) is 14.0. The van der Waals surface area contributed by atoms with E-state index < -0.39 is 18.1 Å². The predicted octanol–water partition coefficient (Wildman–Crippen LogP) is 3.02. The largest absolute Gasteiger partial charge is 0.494 e. The molecule has 0 saturated carbocycles. The van der Waals surface area contributed by atoms with Gasteiger partial charge in [-0.25, -0.2) is 4.79 Å². The van der Waals surface area contributed by atoms with Crippen LogP contribution in [0, 0.1) is 0 Å². The predicted molar refractivity (Wildman–Crippen MR) is 85.2 cm³/mol. The quantitative estimate of drug-likeness (QED) is 0.394. The minimum absolute atomic E-state index is 0.127. The van der Waals surface area contributed by atoms with Crippen LogP contribution in [0.2, 0.25) is 0 Å². The van der Waals surface area contributed by atoms with Crippen molar-refractivity contribution in [1.82, 2.24) is 5.32 Å². The molecule has 1 aromatic carbocycles. The lowest BCUT2D eigenvalue weighted by molar-refractivity contribution is -0.201. The summed E-state index contributed by atoms with van der Waals surface area (Å²) in [5.41, 5.74) is 1.06. The van der Waals surface area contributed by atoms with Crippen LogP contribution in [0.15, 0.2) is 24.3 Å². The fourth-order valence-electron chi connectivity index (χ4n) is 1.85. The number of halogens is 3. The molecule has 0 radical (unpaired) electrons. The van der Waals surface area contributed by atoms with Gasteiger partial charge in [-0.05, 0) is 37.1 Å². The average Bonchev–Trinajstić information content (AvgIpc) is 2.55. The van der Waals surface area contributed by atoms with Crippen molar-refractivity contribution in [2.75, 3.05) is 19.7 Å². The number of alkyl halides is 3. The van der Waals surface area contributed by atoms with Gasteiger partial charge in [0.15, 0.2) is 0 Å². The van der Waals surface area contributed by atoms with E-state index in [0.29, 0.717) is 19.6 Å². The monoisotopic (exact) mass is 361 g/mol. The van der Waals surface area contributed by atoms with E-state index in [1.807, 2.05) is 24.3 Å². The topological polar surface area (TPSA) is 64.6 Å². The van der Waals surface area contributed by atoms with Gasteiger partial charge in [0, 0.05) is 6.54 Å². The van der Waals surface area contributed by atoms with Crippen LogP contribution in [-0.2, 0) is 20.7 Å². The number of unbranched alkanes of at least 4 members (excludes halogenated alkanes) is 1. The number of hydrogen-bond acceptors (Lipinski definition) is 5. The molecule has 1 aromatic rings. The summed E-state index contributed by atoms with van der Waals surface area (Å²) in [6.07, 6.45) is -2.71. The molecule has 0 bridgehead atoms. The second-order valence-electron chi connectivity index (χ2n) is 5.36. The number of carbonyl (C=O) groups is 2. The summed E-state index contributed by atoms with van der Waals surface area (Å²) < 4.78 is 44.9. The van der Waals surface area contributed by atoms with E-state index in [-0.39, 0.29) is 13.0 Å². The molecule has 0 aliphatic heterocycles. The lowest BCUT2D eigenvalue weighted by Gasteiger charge is -2.08.